The fourth-order valence-corrected chi connectivity index (χ4v) is 2.97. The summed E-state index contributed by atoms with van der Waals surface area (Å²) in [6.45, 7) is 1.27. The zero-order chi connectivity index (χ0) is 12.4. The van der Waals surface area contributed by atoms with Crippen molar-refractivity contribution in [2.75, 3.05) is 12.3 Å². The zero-order valence-electron chi connectivity index (χ0n) is 10.3. The summed E-state index contributed by atoms with van der Waals surface area (Å²) in [7, 11) is 0. The molecule has 3 rings (SSSR count). The summed E-state index contributed by atoms with van der Waals surface area (Å²) in [5.74, 6) is 2.13. The van der Waals surface area contributed by atoms with Gasteiger partial charge >= 0.3 is 0 Å². The van der Waals surface area contributed by atoms with Crippen LogP contribution in [-0.2, 0) is 11.3 Å². The van der Waals surface area contributed by atoms with E-state index in [9.17, 15) is 0 Å². The topological polar surface area (TPSA) is 61.0 Å². The zero-order valence-corrected chi connectivity index (χ0v) is 11.1. The Hall–Kier alpha value is -1.20. The predicted octanol–water partition coefficient (Wildman–Crippen LogP) is 2.98. The first-order chi connectivity index (χ1) is 8.83. The van der Waals surface area contributed by atoms with E-state index in [0.717, 1.165) is 29.2 Å². The van der Waals surface area contributed by atoms with Crippen molar-refractivity contribution >= 4 is 27.4 Å². The van der Waals surface area contributed by atoms with E-state index < -0.39 is 0 Å². The molecule has 0 aliphatic heterocycles. The number of aromatic nitrogens is 2. The summed E-state index contributed by atoms with van der Waals surface area (Å²) in [5, 5.41) is 2.93. The lowest BCUT2D eigenvalue weighted by atomic mass is 9.83. The smallest absolute Gasteiger partial charge is 0.158 e. The summed E-state index contributed by atoms with van der Waals surface area (Å²) in [6.07, 6.45) is 5.29. The Morgan fingerprint density at radius 1 is 1.39 bits per heavy atom. The summed E-state index contributed by atoms with van der Waals surface area (Å²) in [6, 6.07) is 1.95. The summed E-state index contributed by atoms with van der Waals surface area (Å²) < 4.78 is 5.63. The molecule has 0 aromatic carbocycles. The van der Waals surface area contributed by atoms with Gasteiger partial charge in [-0.25, -0.2) is 9.97 Å². The monoisotopic (exact) mass is 263 g/mol. The van der Waals surface area contributed by atoms with Crippen molar-refractivity contribution < 1.29 is 4.74 Å². The predicted molar refractivity (Wildman–Crippen MR) is 73.4 cm³/mol. The highest BCUT2D eigenvalue weighted by Crippen LogP contribution is 2.29. The van der Waals surface area contributed by atoms with Crippen molar-refractivity contribution in [1.82, 2.24) is 9.97 Å². The number of ether oxygens (including phenoxy) is 1. The highest BCUT2D eigenvalue weighted by Gasteiger charge is 2.16. The molecule has 18 heavy (non-hydrogen) atoms. The lowest BCUT2D eigenvalue weighted by Crippen LogP contribution is -2.13. The highest BCUT2D eigenvalue weighted by molar-refractivity contribution is 7.16. The summed E-state index contributed by atoms with van der Waals surface area (Å²) in [4.78, 5) is 9.67. The van der Waals surface area contributed by atoms with Crippen LogP contribution in [0, 0.1) is 5.92 Å². The van der Waals surface area contributed by atoms with Crippen molar-refractivity contribution in [3.8, 4) is 0 Å². The number of anilines is 1. The Morgan fingerprint density at radius 2 is 2.28 bits per heavy atom. The molecule has 1 aliphatic carbocycles. The van der Waals surface area contributed by atoms with Crippen molar-refractivity contribution in [2.24, 2.45) is 5.92 Å². The second-order valence-corrected chi connectivity index (χ2v) is 5.70. The third-order valence-electron chi connectivity index (χ3n) is 3.53. The largest absolute Gasteiger partial charge is 0.383 e. The van der Waals surface area contributed by atoms with Gasteiger partial charge in [-0.2, -0.15) is 0 Å². The number of hydrogen-bond acceptors (Lipinski definition) is 5. The Kier molecular flexibility index (Phi) is 3.43. The second kappa shape index (κ2) is 5.20. The van der Waals surface area contributed by atoms with Gasteiger partial charge in [0.2, 0.25) is 0 Å². The number of rotatable bonds is 5. The van der Waals surface area contributed by atoms with Gasteiger partial charge in [-0.05, 0) is 23.8 Å². The van der Waals surface area contributed by atoms with Crippen molar-refractivity contribution in [1.29, 1.82) is 0 Å². The molecule has 0 saturated heterocycles. The molecular formula is C13H17N3OS. The molecule has 2 aromatic rings. The van der Waals surface area contributed by atoms with Crippen LogP contribution in [0.2, 0.25) is 0 Å². The minimum Gasteiger partial charge on any atom is -0.383 e. The van der Waals surface area contributed by atoms with E-state index >= 15 is 0 Å². The molecule has 96 valence electrons. The van der Waals surface area contributed by atoms with Crippen LogP contribution < -0.4 is 5.73 Å². The van der Waals surface area contributed by atoms with E-state index in [4.69, 9.17) is 10.5 Å². The van der Waals surface area contributed by atoms with Gasteiger partial charge in [-0.1, -0.05) is 19.3 Å². The van der Waals surface area contributed by atoms with Crippen LogP contribution in [-0.4, -0.2) is 16.6 Å². The Morgan fingerprint density at radius 3 is 3.06 bits per heavy atom. The average molecular weight is 263 g/mol. The van der Waals surface area contributed by atoms with Crippen LogP contribution in [0.1, 0.15) is 31.5 Å². The van der Waals surface area contributed by atoms with Crippen molar-refractivity contribution in [3.63, 3.8) is 0 Å². The van der Waals surface area contributed by atoms with Crippen molar-refractivity contribution in [3.05, 3.63) is 17.3 Å². The fourth-order valence-electron chi connectivity index (χ4n) is 2.18. The molecule has 0 radical (unpaired) electrons. The third-order valence-corrected chi connectivity index (χ3v) is 4.33. The van der Waals surface area contributed by atoms with Crippen LogP contribution >= 0.6 is 11.3 Å². The molecule has 0 amide bonds. The molecule has 0 bridgehead atoms. The third kappa shape index (κ3) is 2.47. The Bertz CT molecular complexity index is 536. The minimum atomic E-state index is 0.463. The van der Waals surface area contributed by atoms with Gasteiger partial charge in [0.15, 0.2) is 5.82 Å². The Balaban J connectivity index is 1.56. The molecule has 0 spiro atoms. The molecular weight excluding hydrogens is 246 g/mol. The number of nitrogens with zero attached hydrogens (tertiary/aromatic N) is 2. The van der Waals surface area contributed by atoms with E-state index in [1.807, 2.05) is 11.4 Å². The number of thiophene rings is 1. The van der Waals surface area contributed by atoms with Crippen LogP contribution in [0.4, 0.5) is 5.82 Å². The van der Waals surface area contributed by atoms with Gasteiger partial charge < -0.3 is 10.5 Å². The number of fused-ring (bicyclic) bond motifs is 1. The lowest BCUT2D eigenvalue weighted by molar-refractivity contribution is 0.0909. The average Bonchev–Trinajstić information content (AvgIpc) is 2.75. The number of nitrogens with two attached hydrogens (primary N) is 1. The molecule has 1 fully saturated rings. The maximum absolute atomic E-state index is 5.88. The van der Waals surface area contributed by atoms with E-state index in [-0.39, 0.29) is 0 Å². The van der Waals surface area contributed by atoms with Crippen LogP contribution in [0.15, 0.2) is 11.4 Å². The first-order valence-corrected chi connectivity index (χ1v) is 7.28. The molecule has 1 aliphatic rings. The van der Waals surface area contributed by atoms with Gasteiger partial charge in [0.1, 0.15) is 17.3 Å². The quantitative estimate of drug-likeness (QED) is 0.842. The molecule has 2 N–H and O–H groups in total. The molecule has 0 atom stereocenters. The molecule has 0 unspecified atom stereocenters. The van der Waals surface area contributed by atoms with Crippen LogP contribution in [0.5, 0.6) is 0 Å². The maximum Gasteiger partial charge on any atom is 0.158 e. The maximum atomic E-state index is 5.88. The minimum absolute atomic E-state index is 0.463. The fraction of sp³-hybridized carbons (Fsp3) is 0.538. The van der Waals surface area contributed by atoms with Crippen molar-refractivity contribution in [2.45, 2.75) is 32.3 Å². The standard InChI is InChI=1S/C13H17N3OS/c14-12-10-5-7-18-13(10)16-11(15-12)8-17-6-4-9-2-1-3-9/h5,7,9H,1-4,6,8H2,(H2,14,15,16). The highest BCUT2D eigenvalue weighted by atomic mass is 32.1. The molecule has 1 saturated carbocycles. The Labute approximate surface area is 110 Å². The van der Waals surface area contributed by atoms with E-state index in [1.165, 1.54) is 19.3 Å². The molecule has 4 nitrogen and oxygen atoms in total. The van der Waals surface area contributed by atoms with Gasteiger partial charge in [0.05, 0.1) is 5.39 Å². The van der Waals surface area contributed by atoms with Crippen LogP contribution in [0.25, 0.3) is 10.2 Å². The van der Waals surface area contributed by atoms with E-state index in [1.54, 1.807) is 11.3 Å². The van der Waals surface area contributed by atoms with Gasteiger partial charge in [0, 0.05) is 6.61 Å². The SMILES string of the molecule is Nc1nc(COCCC2CCC2)nc2sccc12. The number of hydrogen-bond donors (Lipinski definition) is 1. The summed E-state index contributed by atoms with van der Waals surface area (Å²) >= 11 is 1.59. The molecule has 5 heteroatoms. The number of nitrogen functional groups attached to an aromatic ring is 1. The molecule has 2 heterocycles. The summed E-state index contributed by atoms with van der Waals surface area (Å²) in [5.41, 5.74) is 5.88. The van der Waals surface area contributed by atoms with Crippen LogP contribution in [0.3, 0.4) is 0 Å². The normalized spacial score (nSPS) is 16.0. The van der Waals surface area contributed by atoms with Gasteiger partial charge in [-0.3, -0.25) is 0 Å². The molecule has 2 aromatic heterocycles. The first kappa shape index (κ1) is 11.9. The lowest BCUT2D eigenvalue weighted by Gasteiger charge is -2.24. The second-order valence-electron chi connectivity index (χ2n) is 4.80. The van der Waals surface area contributed by atoms with E-state index in [0.29, 0.717) is 18.2 Å². The van der Waals surface area contributed by atoms with Gasteiger partial charge in [-0.15, -0.1) is 11.3 Å². The first-order valence-electron chi connectivity index (χ1n) is 6.40. The van der Waals surface area contributed by atoms with Gasteiger partial charge in [0.25, 0.3) is 0 Å². The van der Waals surface area contributed by atoms with E-state index in [2.05, 4.69) is 9.97 Å².